The number of phenolic OH excluding ortho intramolecular Hbond substituents is 1. The van der Waals surface area contributed by atoms with Crippen LogP contribution in [0.1, 0.15) is 6.04 Å². The zero-order chi connectivity index (χ0) is 14.2. The normalized spacial score (nSPS) is 15.0. The largest absolute Gasteiger partial charge is 0.508 e. The zero-order valence-electron chi connectivity index (χ0n) is 11.0. The van der Waals surface area contributed by atoms with Gasteiger partial charge >= 0.3 is 0 Å². The molecule has 0 amide bonds. The van der Waals surface area contributed by atoms with Crippen LogP contribution in [0.5, 0.6) is 5.75 Å². The first kappa shape index (κ1) is 12.0. The van der Waals surface area contributed by atoms with Gasteiger partial charge in [-0.15, -0.1) is 5.10 Å². The van der Waals surface area contributed by atoms with Gasteiger partial charge in [-0.05, 0) is 12.1 Å². The van der Waals surface area contributed by atoms with Gasteiger partial charge in [0.25, 0.3) is 5.89 Å². The average molecular weight is 284 g/mol. The van der Waals surface area contributed by atoms with Gasteiger partial charge in [0.2, 0.25) is 5.82 Å². The molecule has 1 fully saturated rings. The summed E-state index contributed by atoms with van der Waals surface area (Å²) in [6, 6.07) is 7.01. The lowest BCUT2D eigenvalue weighted by molar-refractivity contribution is 0.313. The van der Waals surface area contributed by atoms with E-state index in [2.05, 4.69) is 25.8 Å². The Hall–Kier alpha value is -2.74. The van der Waals surface area contributed by atoms with E-state index >= 15 is 0 Å². The number of aromatic nitrogens is 5. The molecule has 0 unspecified atom stereocenters. The van der Waals surface area contributed by atoms with Crippen LogP contribution < -0.4 is 5.32 Å². The zero-order valence-corrected chi connectivity index (χ0v) is 11.0. The first-order chi connectivity index (χ1) is 10.3. The highest BCUT2D eigenvalue weighted by Gasteiger charge is 2.22. The van der Waals surface area contributed by atoms with E-state index < -0.39 is 0 Å². The van der Waals surface area contributed by atoms with Crippen LogP contribution in [0.15, 0.2) is 35.0 Å². The summed E-state index contributed by atoms with van der Waals surface area (Å²) in [4.78, 5) is 4.29. The smallest absolute Gasteiger partial charge is 0.280 e. The monoisotopic (exact) mass is 284 g/mol. The van der Waals surface area contributed by atoms with Gasteiger partial charge in [-0.1, -0.05) is 22.5 Å². The molecule has 4 rings (SSSR count). The van der Waals surface area contributed by atoms with Crippen molar-refractivity contribution in [3.05, 3.63) is 30.5 Å². The number of nitrogens with one attached hydrogen (secondary N) is 1. The first-order valence-corrected chi connectivity index (χ1v) is 6.55. The number of rotatable bonds is 3. The van der Waals surface area contributed by atoms with Gasteiger partial charge in [-0.25, -0.2) is 4.68 Å². The quantitative estimate of drug-likeness (QED) is 0.734. The average Bonchev–Trinajstić information content (AvgIpc) is 3.05. The van der Waals surface area contributed by atoms with Gasteiger partial charge in [0.15, 0.2) is 5.69 Å². The third-order valence-corrected chi connectivity index (χ3v) is 3.39. The Morgan fingerprint density at radius 1 is 1.33 bits per heavy atom. The molecule has 1 aliphatic rings. The van der Waals surface area contributed by atoms with E-state index in [1.54, 1.807) is 35.1 Å². The Bertz CT molecular complexity index is 776. The van der Waals surface area contributed by atoms with Crippen molar-refractivity contribution in [3.8, 4) is 28.7 Å². The van der Waals surface area contributed by atoms with Crippen molar-refractivity contribution in [2.75, 3.05) is 13.1 Å². The maximum atomic E-state index is 9.48. The second-order valence-electron chi connectivity index (χ2n) is 4.87. The number of aromatic hydroxyl groups is 1. The van der Waals surface area contributed by atoms with Crippen molar-refractivity contribution in [1.29, 1.82) is 0 Å². The van der Waals surface area contributed by atoms with E-state index in [9.17, 15) is 5.11 Å². The maximum absolute atomic E-state index is 9.48. The molecule has 1 aromatic carbocycles. The van der Waals surface area contributed by atoms with Crippen molar-refractivity contribution in [2.24, 2.45) is 0 Å². The first-order valence-electron chi connectivity index (χ1n) is 6.55. The van der Waals surface area contributed by atoms with Gasteiger partial charge in [0, 0.05) is 18.7 Å². The molecule has 106 valence electrons. The molecular formula is C13H12N6O2. The minimum atomic E-state index is 0.155. The van der Waals surface area contributed by atoms with Crippen molar-refractivity contribution in [1.82, 2.24) is 30.5 Å². The highest BCUT2D eigenvalue weighted by Crippen LogP contribution is 2.23. The Balaban J connectivity index is 1.63. The van der Waals surface area contributed by atoms with Gasteiger partial charge in [0.05, 0.1) is 12.2 Å². The third kappa shape index (κ3) is 2.15. The van der Waals surface area contributed by atoms with E-state index in [4.69, 9.17) is 4.52 Å². The van der Waals surface area contributed by atoms with Crippen LogP contribution >= 0.6 is 0 Å². The predicted molar refractivity (Wildman–Crippen MR) is 72.3 cm³/mol. The summed E-state index contributed by atoms with van der Waals surface area (Å²) in [6.07, 6.45) is 1.80. The fraction of sp³-hybridized carbons (Fsp3) is 0.231. The van der Waals surface area contributed by atoms with Gasteiger partial charge in [-0.3, -0.25) is 0 Å². The maximum Gasteiger partial charge on any atom is 0.280 e. The van der Waals surface area contributed by atoms with Crippen molar-refractivity contribution >= 4 is 0 Å². The molecule has 0 bridgehead atoms. The van der Waals surface area contributed by atoms with Crippen molar-refractivity contribution in [3.63, 3.8) is 0 Å². The fourth-order valence-corrected chi connectivity index (χ4v) is 2.10. The third-order valence-electron chi connectivity index (χ3n) is 3.39. The lowest BCUT2D eigenvalue weighted by atomic mass is 10.2. The molecule has 1 saturated heterocycles. The summed E-state index contributed by atoms with van der Waals surface area (Å²) in [6.45, 7) is 1.78. The van der Waals surface area contributed by atoms with E-state index in [0.29, 0.717) is 29.0 Å². The van der Waals surface area contributed by atoms with Gasteiger partial charge < -0.3 is 14.9 Å². The van der Waals surface area contributed by atoms with E-state index in [0.717, 1.165) is 13.1 Å². The molecule has 0 spiro atoms. The molecule has 2 N–H and O–H groups in total. The summed E-state index contributed by atoms with van der Waals surface area (Å²) in [5, 5.41) is 24.7. The molecule has 8 heteroatoms. The molecule has 21 heavy (non-hydrogen) atoms. The number of nitrogens with zero attached hydrogens (tertiary/aromatic N) is 5. The molecular weight excluding hydrogens is 272 g/mol. The molecule has 2 aromatic heterocycles. The van der Waals surface area contributed by atoms with Crippen LogP contribution in [0.3, 0.4) is 0 Å². The topological polar surface area (TPSA) is 102 Å². The highest BCUT2D eigenvalue weighted by molar-refractivity contribution is 5.59. The highest BCUT2D eigenvalue weighted by atomic mass is 16.5. The van der Waals surface area contributed by atoms with Crippen LogP contribution in [-0.2, 0) is 0 Å². The Morgan fingerprint density at radius 3 is 3.00 bits per heavy atom. The van der Waals surface area contributed by atoms with Gasteiger partial charge in [-0.2, -0.15) is 4.98 Å². The number of hydrogen-bond acceptors (Lipinski definition) is 7. The van der Waals surface area contributed by atoms with Crippen LogP contribution in [0.25, 0.3) is 23.0 Å². The van der Waals surface area contributed by atoms with Crippen LogP contribution in [-0.4, -0.2) is 43.3 Å². The minimum Gasteiger partial charge on any atom is -0.508 e. The van der Waals surface area contributed by atoms with Crippen molar-refractivity contribution < 1.29 is 9.63 Å². The standard InChI is InChI=1S/C13H12N6O2/c20-10-3-1-2-8(4-10)12-15-13(21-17-12)11-7-19(18-16-11)9-5-14-6-9/h1-4,7,9,14,20H,5-6H2. The van der Waals surface area contributed by atoms with E-state index in [-0.39, 0.29) is 5.75 Å². The summed E-state index contributed by atoms with van der Waals surface area (Å²) < 4.78 is 7.01. The van der Waals surface area contributed by atoms with E-state index in [1.165, 1.54) is 0 Å². The molecule has 0 radical (unpaired) electrons. The Morgan fingerprint density at radius 2 is 2.24 bits per heavy atom. The lowest BCUT2D eigenvalue weighted by Crippen LogP contribution is -2.43. The molecule has 0 atom stereocenters. The molecule has 0 aliphatic carbocycles. The number of hydrogen-bond donors (Lipinski definition) is 2. The molecule has 3 heterocycles. The molecule has 8 nitrogen and oxygen atoms in total. The molecule has 3 aromatic rings. The lowest BCUT2D eigenvalue weighted by Gasteiger charge is -2.26. The van der Waals surface area contributed by atoms with Crippen molar-refractivity contribution in [2.45, 2.75) is 6.04 Å². The Kier molecular flexibility index (Phi) is 2.68. The Labute approximate surface area is 119 Å². The SMILES string of the molecule is Oc1cccc(-c2noc(-c3cn(C4CNC4)nn3)n2)c1. The molecule has 0 saturated carbocycles. The number of benzene rings is 1. The van der Waals surface area contributed by atoms with Crippen LogP contribution in [0, 0.1) is 0 Å². The predicted octanol–water partition coefficient (Wildman–Crippen LogP) is 0.845. The summed E-state index contributed by atoms with van der Waals surface area (Å²) >= 11 is 0. The summed E-state index contributed by atoms with van der Waals surface area (Å²) in [5.41, 5.74) is 1.22. The van der Waals surface area contributed by atoms with E-state index in [1.807, 2.05) is 0 Å². The summed E-state index contributed by atoms with van der Waals surface area (Å²) in [7, 11) is 0. The fourth-order valence-electron chi connectivity index (χ4n) is 2.10. The minimum absolute atomic E-state index is 0.155. The second kappa shape index (κ2) is 4.67. The number of phenols is 1. The molecule has 1 aliphatic heterocycles. The van der Waals surface area contributed by atoms with Crippen LogP contribution in [0.2, 0.25) is 0 Å². The summed E-state index contributed by atoms with van der Waals surface area (Å²) in [5.74, 6) is 0.870. The van der Waals surface area contributed by atoms with Crippen LogP contribution in [0.4, 0.5) is 0 Å². The van der Waals surface area contributed by atoms with Gasteiger partial charge in [0.1, 0.15) is 5.75 Å². The second-order valence-corrected chi connectivity index (χ2v) is 4.87.